The van der Waals surface area contributed by atoms with Gasteiger partial charge in [-0.15, -0.1) is 0 Å². The van der Waals surface area contributed by atoms with Crippen molar-refractivity contribution in [2.24, 2.45) is 0 Å². The van der Waals surface area contributed by atoms with Gasteiger partial charge in [-0.1, -0.05) is 36.5 Å². The number of carbonyl (C=O) groups is 2. The minimum atomic E-state index is -0.385. The molecule has 0 aliphatic carbocycles. The molecule has 2 rings (SSSR count). The zero-order chi connectivity index (χ0) is 17.5. The Morgan fingerprint density at radius 1 is 1.04 bits per heavy atom. The highest BCUT2D eigenvalue weighted by atomic mass is 35.5. The van der Waals surface area contributed by atoms with Gasteiger partial charge in [-0.05, 0) is 30.7 Å². The first-order valence-electron chi connectivity index (χ1n) is 7.51. The van der Waals surface area contributed by atoms with Crippen LogP contribution >= 0.6 is 23.2 Å². The van der Waals surface area contributed by atoms with Crippen LogP contribution in [0.5, 0.6) is 0 Å². The van der Waals surface area contributed by atoms with Crippen molar-refractivity contribution in [3.8, 4) is 0 Å². The lowest BCUT2D eigenvalue weighted by molar-refractivity contribution is 0.0953. The Morgan fingerprint density at radius 2 is 1.75 bits per heavy atom. The van der Waals surface area contributed by atoms with Gasteiger partial charge in [-0.25, -0.2) is 0 Å². The predicted molar refractivity (Wildman–Crippen MR) is 95.9 cm³/mol. The number of anilines is 1. The van der Waals surface area contributed by atoms with Crippen LogP contribution in [0.4, 0.5) is 5.69 Å². The Kier molecular flexibility index (Phi) is 6.58. The van der Waals surface area contributed by atoms with Crippen LogP contribution in [0.2, 0.25) is 10.0 Å². The van der Waals surface area contributed by atoms with E-state index in [2.05, 4.69) is 15.6 Å². The summed E-state index contributed by atoms with van der Waals surface area (Å²) in [5, 5.41) is 6.23. The molecule has 0 bridgehead atoms. The van der Waals surface area contributed by atoms with E-state index in [1.807, 2.05) is 6.92 Å². The average Bonchev–Trinajstić information content (AvgIpc) is 2.58. The second-order valence-electron chi connectivity index (χ2n) is 5.15. The number of aromatic nitrogens is 1. The summed E-state index contributed by atoms with van der Waals surface area (Å²) in [6.07, 6.45) is 4.72. The molecule has 126 valence electrons. The smallest absolute Gasteiger partial charge is 0.257 e. The van der Waals surface area contributed by atoms with Crippen molar-refractivity contribution >= 4 is 40.7 Å². The van der Waals surface area contributed by atoms with Gasteiger partial charge in [0.2, 0.25) is 0 Å². The van der Waals surface area contributed by atoms with Crippen LogP contribution in [0.25, 0.3) is 0 Å². The molecular weight excluding hydrogens is 349 g/mol. The van der Waals surface area contributed by atoms with Gasteiger partial charge >= 0.3 is 0 Å². The van der Waals surface area contributed by atoms with Crippen LogP contribution in [0, 0.1) is 0 Å². The molecule has 0 saturated heterocycles. The van der Waals surface area contributed by atoms with E-state index in [1.165, 1.54) is 18.5 Å². The topological polar surface area (TPSA) is 71.1 Å². The molecule has 2 N–H and O–H groups in total. The van der Waals surface area contributed by atoms with E-state index >= 15 is 0 Å². The summed E-state index contributed by atoms with van der Waals surface area (Å²) in [5.41, 5.74) is 1.13. The SMILES string of the molecule is CCCCNC(=O)c1cncc(C(=O)Nc2ccc(Cl)c(Cl)c2)c1. The van der Waals surface area contributed by atoms with Crippen molar-refractivity contribution in [2.45, 2.75) is 19.8 Å². The molecule has 1 heterocycles. The standard InChI is InChI=1S/C17H17Cl2N3O2/c1-2-3-6-21-16(23)11-7-12(10-20-9-11)17(24)22-13-4-5-14(18)15(19)8-13/h4-5,7-10H,2-3,6H2,1H3,(H,21,23)(H,22,24). The monoisotopic (exact) mass is 365 g/mol. The van der Waals surface area contributed by atoms with Crippen molar-refractivity contribution in [3.05, 3.63) is 57.8 Å². The maximum absolute atomic E-state index is 12.3. The number of rotatable bonds is 6. The number of pyridine rings is 1. The number of nitrogens with one attached hydrogen (secondary N) is 2. The fourth-order valence-corrected chi connectivity index (χ4v) is 2.24. The third kappa shape index (κ3) is 4.94. The van der Waals surface area contributed by atoms with Gasteiger partial charge in [0.05, 0.1) is 21.2 Å². The van der Waals surface area contributed by atoms with Crippen LogP contribution in [-0.2, 0) is 0 Å². The zero-order valence-corrected chi connectivity index (χ0v) is 14.6. The highest BCUT2D eigenvalue weighted by Gasteiger charge is 2.12. The minimum Gasteiger partial charge on any atom is -0.352 e. The summed E-state index contributed by atoms with van der Waals surface area (Å²) in [7, 11) is 0. The molecule has 24 heavy (non-hydrogen) atoms. The molecule has 2 amide bonds. The first kappa shape index (κ1) is 18.2. The van der Waals surface area contributed by atoms with E-state index in [0.29, 0.717) is 27.8 Å². The summed E-state index contributed by atoms with van der Waals surface area (Å²) in [5.74, 6) is -0.635. The summed E-state index contributed by atoms with van der Waals surface area (Å²) in [6, 6.07) is 6.29. The molecule has 0 aliphatic rings. The second-order valence-corrected chi connectivity index (χ2v) is 5.97. The molecule has 1 aromatic heterocycles. The van der Waals surface area contributed by atoms with Gasteiger partial charge in [-0.2, -0.15) is 0 Å². The van der Waals surface area contributed by atoms with E-state index in [-0.39, 0.29) is 17.4 Å². The number of carbonyl (C=O) groups excluding carboxylic acids is 2. The summed E-state index contributed by atoms with van der Waals surface area (Å²) < 4.78 is 0. The van der Waals surface area contributed by atoms with Crippen LogP contribution in [-0.4, -0.2) is 23.3 Å². The molecule has 0 unspecified atom stereocenters. The molecule has 0 radical (unpaired) electrons. The summed E-state index contributed by atoms with van der Waals surface area (Å²) >= 11 is 11.8. The fourth-order valence-electron chi connectivity index (χ4n) is 1.95. The number of amides is 2. The third-order valence-corrected chi connectivity index (χ3v) is 4.00. The lowest BCUT2D eigenvalue weighted by atomic mass is 10.1. The number of nitrogens with zero attached hydrogens (tertiary/aromatic N) is 1. The molecule has 0 aliphatic heterocycles. The van der Waals surface area contributed by atoms with Crippen LogP contribution in [0.3, 0.4) is 0 Å². The average molecular weight is 366 g/mol. The maximum Gasteiger partial charge on any atom is 0.257 e. The van der Waals surface area contributed by atoms with Crippen molar-refractivity contribution in [1.29, 1.82) is 0 Å². The van der Waals surface area contributed by atoms with E-state index < -0.39 is 0 Å². The molecular formula is C17H17Cl2N3O2. The fraction of sp³-hybridized carbons (Fsp3) is 0.235. The zero-order valence-electron chi connectivity index (χ0n) is 13.1. The molecule has 0 fully saturated rings. The quantitative estimate of drug-likeness (QED) is 0.754. The Morgan fingerprint density at radius 3 is 2.42 bits per heavy atom. The minimum absolute atomic E-state index is 0.250. The largest absolute Gasteiger partial charge is 0.352 e. The van der Waals surface area contributed by atoms with E-state index in [0.717, 1.165) is 12.8 Å². The van der Waals surface area contributed by atoms with E-state index in [9.17, 15) is 9.59 Å². The van der Waals surface area contributed by atoms with E-state index in [1.54, 1.807) is 18.2 Å². The number of hydrogen-bond acceptors (Lipinski definition) is 3. The van der Waals surface area contributed by atoms with Gasteiger partial charge in [0.15, 0.2) is 0 Å². The number of unbranched alkanes of at least 4 members (excludes halogenated alkanes) is 1. The number of halogens is 2. The van der Waals surface area contributed by atoms with Gasteiger partial charge in [0.25, 0.3) is 11.8 Å². The lowest BCUT2D eigenvalue weighted by Gasteiger charge is -2.08. The predicted octanol–water partition coefficient (Wildman–Crippen LogP) is 4.17. The lowest BCUT2D eigenvalue weighted by Crippen LogP contribution is -2.25. The van der Waals surface area contributed by atoms with Gasteiger partial charge in [-0.3, -0.25) is 14.6 Å². The molecule has 0 saturated carbocycles. The number of benzene rings is 1. The second kappa shape index (κ2) is 8.66. The summed E-state index contributed by atoms with van der Waals surface area (Å²) in [6.45, 7) is 2.64. The van der Waals surface area contributed by atoms with Crippen LogP contribution in [0.1, 0.15) is 40.5 Å². The Labute approximate surface area is 150 Å². The van der Waals surface area contributed by atoms with Crippen LogP contribution in [0.15, 0.2) is 36.7 Å². The highest BCUT2D eigenvalue weighted by molar-refractivity contribution is 6.42. The third-order valence-electron chi connectivity index (χ3n) is 3.26. The van der Waals surface area contributed by atoms with Crippen molar-refractivity contribution < 1.29 is 9.59 Å². The first-order chi connectivity index (χ1) is 11.5. The van der Waals surface area contributed by atoms with Gasteiger partial charge in [0, 0.05) is 24.6 Å². The molecule has 5 nitrogen and oxygen atoms in total. The van der Waals surface area contributed by atoms with Gasteiger partial charge < -0.3 is 10.6 Å². The van der Waals surface area contributed by atoms with E-state index in [4.69, 9.17) is 23.2 Å². The molecule has 0 spiro atoms. The van der Waals surface area contributed by atoms with Gasteiger partial charge in [0.1, 0.15) is 0 Å². The summed E-state index contributed by atoms with van der Waals surface area (Å²) in [4.78, 5) is 28.3. The van der Waals surface area contributed by atoms with Crippen molar-refractivity contribution in [1.82, 2.24) is 10.3 Å². The van der Waals surface area contributed by atoms with Crippen molar-refractivity contribution in [2.75, 3.05) is 11.9 Å². The van der Waals surface area contributed by atoms with Crippen LogP contribution < -0.4 is 10.6 Å². The Hall–Kier alpha value is -2.11. The molecule has 0 atom stereocenters. The Balaban J connectivity index is 2.08. The maximum atomic E-state index is 12.3. The normalized spacial score (nSPS) is 10.3. The molecule has 2 aromatic rings. The first-order valence-corrected chi connectivity index (χ1v) is 8.26. The molecule has 1 aromatic carbocycles. The highest BCUT2D eigenvalue weighted by Crippen LogP contribution is 2.25. The number of hydrogen-bond donors (Lipinski definition) is 2. The Bertz CT molecular complexity index is 750. The van der Waals surface area contributed by atoms with Crippen molar-refractivity contribution in [3.63, 3.8) is 0 Å². The molecule has 7 heteroatoms.